The molecule has 0 saturated carbocycles. The van der Waals surface area contributed by atoms with Crippen molar-refractivity contribution in [1.29, 1.82) is 0 Å². The molecule has 216 valence electrons. The van der Waals surface area contributed by atoms with Crippen LogP contribution in [0.1, 0.15) is 47.2 Å². The van der Waals surface area contributed by atoms with Gasteiger partial charge >= 0.3 is 6.03 Å². The van der Waals surface area contributed by atoms with E-state index >= 15 is 0 Å². The van der Waals surface area contributed by atoms with E-state index in [0.717, 1.165) is 66.3 Å². The summed E-state index contributed by atoms with van der Waals surface area (Å²) in [4.78, 5) is 31.6. The number of hydrogen-bond acceptors (Lipinski definition) is 4. The van der Waals surface area contributed by atoms with Crippen molar-refractivity contribution in [3.63, 3.8) is 0 Å². The normalized spacial score (nSPS) is 15.3. The van der Waals surface area contributed by atoms with E-state index in [4.69, 9.17) is 11.6 Å². The number of para-hydroxylation sites is 1. The summed E-state index contributed by atoms with van der Waals surface area (Å²) in [6.45, 7) is 2.60. The standard InChI is InChI=1S/C33H35ClN6O2/c1-22-12-13-23(18-24(22)14-15-26-20-35-30-11-7-16-36-40(26)30)8-4-3-5-17-39-32(41)29(37-33(39)42)19-25-21-38(2)31-27(25)9-6-10-28(31)34/h6-7,9-13,16,18,20-21,29H,3-5,8,14-15,17,19H2,1-2H3,(H,37,42). The Kier molecular flexibility index (Phi) is 7.98. The van der Waals surface area contributed by atoms with Crippen LogP contribution in [0.5, 0.6) is 0 Å². The first-order valence-electron chi connectivity index (χ1n) is 14.6. The summed E-state index contributed by atoms with van der Waals surface area (Å²) >= 11 is 6.38. The summed E-state index contributed by atoms with van der Waals surface area (Å²) in [7, 11) is 1.94. The Morgan fingerprint density at radius 2 is 1.86 bits per heavy atom. The second-order valence-electron chi connectivity index (χ2n) is 11.2. The predicted octanol–water partition coefficient (Wildman–Crippen LogP) is 5.84. The second kappa shape index (κ2) is 12.0. The molecule has 0 bridgehead atoms. The lowest BCUT2D eigenvalue weighted by Crippen LogP contribution is -2.33. The van der Waals surface area contributed by atoms with Crippen LogP contribution in [-0.4, -0.2) is 48.6 Å². The SMILES string of the molecule is Cc1ccc(CCCCCN2C(=O)NC(Cc3cn(C)c4c(Cl)cccc34)C2=O)cc1CCc1cnc2cccnn12. The van der Waals surface area contributed by atoms with Gasteiger partial charge in [-0.25, -0.2) is 14.3 Å². The number of unbranched alkanes of at least 4 members (excludes halogenated alkanes) is 2. The third-order valence-corrected chi connectivity index (χ3v) is 8.63. The summed E-state index contributed by atoms with van der Waals surface area (Å²) in [6, 6.07) is 15.5. The Balaban J connectivity index is 0.984. The fourth-order valence-corrected chi connectivity index (χ4v) is 6.36. The molecule has 1 saturated heterocycles. The quantitative estimate of drug-likeness (QED) is 0.157. The maximum Gasteiger partial charge on any atom is 0.324 e. The summed E-state index contributed by atoms with van der Waals surface area (Å²) in [5, 5.41) is 9.00. The van der Waals surface area contributed by atoms with Crippen molar-refractivity contribution in [2.45, 2.75) is 57.9 Å². The summed E-state index contributed by atoms with van der Waals surface area (Å²) < 4.78 is 3.88. The van der Waals surface area contributed by atoms with Crippen LogP contribution in [-0.2, 0) is 37.5 Å². The number of aromatic nitrogens is 4. The summed E-state index contributed by atoms with van der Waals surface area (Å²) in [5.41, 5.74) is 7.88. The molecule has 1 N–H and O–H groups in total. The Labute approximate surface area is 250 Å². The molecule has 2 aromatic carbocycles. The number of aryl methyl sites for hydroxylation is 5. The van der Waals surface area contributed by atoms with Crippen molar-refractivity contribution in [3.8, 4) is 0 Å². The average molecular weight is 583 g/mol. The molecule has 6 rings (SSSR count). The third-order valence-electron chi connectivity index (χ3n) is 8.33. The van der Waals surface area contributed by atoms with E-state index in [0.29, 0.717) is 18.0 Å². The molecule has 0 spiro atoms. The van der Waals surface area contributed by atoms with E-state index in [1.807, 2.05) is 58.9 Å². The zero-order valence-corrected chi connectivity index (χ0v) is 24.8. The van der Waals surface area contributed by atoms with Crippen LogP contribution in [0, 0.1) is 6.92 Å². The zero-order valence-electron chi connectivity index (χ0n) is 24.0. The molecule has 1 atom stereocenters. The number of imidazole rings is 1. The number of benzene rings is 2. The van der Waals surface area contributed by atoms with Gasteiger partial charge in [0.25, 0.3) is 5.91 Å². The molecule has 1 unspecified atom stereocenters. The van der Waals surface area contributed by atoms with Gasteiger partial charge in [-0.3, -0.25) is 9.69 Å². The topological polar surface area (TPSA) is 84.5 Å². The van der Waals surface area contributed by atoms with Crippen LogP contribution in [0.15, 0.2) is 67.1 Å². The Hall–Kier alpha value is -4.17. The molecule has 0 aliphatic carbocycles. The van der Waals surface area contributed by atoms with Crippen LogP contribution >= 0.6 is 11.6 Å². The van der Waals surface area contributed by atoms with E-state index in [1.54, 1.807) is 6.20 Å². The van der Waals surface area contributed by atoms with Gasteiger partial charge in [0.05, 0.1) is 22.4 Å². The molecule has 1 aliphatic heterocycles. The van der Waals surface area contributed by atoms with Gasteiger partial charge in [0.1, 0.15) is 6.04 Å². The average Bonchev–Trinajstić information content (AvgIpc) is 3.63. The molecule has 1 aliphatic rings. The van der Waals surface area contributed by atoms with E-state index in [2.05, 4.69) is 40.5 Å². The summed E-state index contributed by atoms with van der Waals surface area (Å²) in [6.07, 6.45) is 11.7. The van der Waals surface area contributed by atoms with E-state index in [1.165, 1.54) is 21.6 Å². The highest BCUT2D eigenvalue weighted by molar-refractivity contribution is 6.35. The monoisotopic (exact) mass is 582 g/mol. The van der Waals surface area contributed by atoms with Gasteiger partial charge in [0.15, 0.2) is 5.65 Å². The maximum atomic E-state index is 13.1. The minimum atomic E-state index is -0.551. The first-order chi connectivity index (χ1) is 20.4. The van der Waals surface area contributed by atoms with Crippen LogP contribution in [0.3, 0.4) is 0 Å². The highest BCUT2D eigenvalue weighted by Crippen LogP contribution is 2.29. The fourth-order valence-electron chi connectivity index (χ4n) is 6.05. The van der Waals surface area contributed by atoms with Gasteiger partial charge in [-0.15, -0.1) is 0 Å². The Bertz CT molecular complexity index is 1770. The molecule has 8 nitrogen and oxygen atoms in total. The molecular formula is C33H35ClN6O2. The van der Waals surface area contributed by atoms with Crippen molar-refractivity contribution in [2.24, 2.45) is 7.05 Å². The van der Waals surface area contributed by atoms with Gasteiger partial charge in [0.2, 0.25) is 0 Å². The number of hydrogen-bond donors (Lipinski definition) is 1. The van der Waals surface area contributed by atoms with Crippen molar-refractivity contribution < 1.29 is 9.59 Å². The lowest BCUT2D eigenvalue weighted by atomic mass is 9.97. The summed E-state index contributed by atoms with van der Waals surface area (Å²) in [5.74, 6) is -0.150. The number of urea groups is 1. The largest absolute Gasteiger partial charge is 0.349 e. The lowest BCUT2D eigenvalue weighted by molar-refractivity contribution is -0.127. The smallest absolute Gasteiger partial charge is 0.324 e. The fraction of sp³-hybridized carbons (Fsp3) is 0.333. The van der Waals surface area contributed by atoms with Crippen LogP contribution in [0.25, 0.3) is 16.6 Å². The van der Waals surface area contributed by atoms with Gasteiger partial charge in [-0.05, 0) is 79.5 Å². The number of nitrogens with one attached hydrogen (secondary N) is 1. The predicted molar refractivity (Wildman–Crippen MR) is 165 cm³/mol. The number of carbonyl (C=O) groups excluding carboxylic acids is 2. The molecule has 3 amide bonds. The lowest BCUT2D eigenvalue weighted by Gasteiger charge is -2.13. The highest BCUT2D eigenvalue weighted by Gasteiger charge is 2.37. The van der Waals surface area contributed by atoms with Crippen LogP contribution < -0.4 is 5.32 Å². The number of imide groups is 1. The minimum Gasteiger partial charge on any atom is -0.349 e. The number of rotatable bonds is 11. The zero-order chi connectivity index (χ0) is 29.2. The first-order valence-corrected chi connectivity index (χ1v) is 15.0. The van der Waals surface area contributed by atoms with Crippen LogP contribution in [0.4, 0.5) is 4.79 Å². The Morgan fingerprint density at radius 3 is 2.74 bits per heavy atom. The number of carbonyl (C=O) groups is 2. The molecular weight excluding hydrogens is 548 g/mol. The van der Waals surface area contributed by atoms with Crippen molar-refractivity contribution in [3.05, 3.63) is 100 Å². The number of halogens is 1. The van der Waals surface area contributed by atoms with Gasteiger partial charge in [0, 0.05) is 37.8 Å². The first kappa shape index (κ1) is 28.0. The Morgan fingerprint density at radius 1 is 0.976 bits per heavy atom. The number of fused-ring (bicyclic) bond motifs is 2. The van der Waals surface area contributed by atoms with Gasteiger partial charge in [-0.2, -0.15) is 5.10 Å². The van der Waals surface area contributed by atoms with E-state index < -0.39 is 6.04 Å². The minimum absolute atomic E-state index is 0.150. The van der Waals surface area contributed by atoms with Crippen molar-refractivity contribution in [1.82, 2.24) is 29.4 Å². The molecule has 42 heavy (non-hydrogen) atoms. The van der Waals surface area contributed by atoms with E-state index in [9.17, 15) is 9.59 Å². The van der Waals surface area contributed by atoms with Gasteiger partial charge < -0.3 is 9.88 Å². The molecule has 5 aromatic rings. The molecule has 0 radical (unpaired) electrons. The molecule has 9 heteroatoms. The number of amides is 3. The third kappa shape index (κ3) is 5.63. The van der Waals surface area contributed by atoms with Gasteiger partial charge in [-0.1, -0.05) is 48.4 Å². The number of nitrogens with zero attached hydrogens (tertiary/aromatic N) is 5. The maximum absolute atomic E-state index is 13.1. The molecule has 4 heterocycles. The van der Waals surface area contributed by atoms with E-state index in [-0.39, 0.29) is 11.9 Å². The van der Waals surface area contributed by atoms with Crippen molar-refractivity contribution >= 4 is 40.1 Å². The highest BCUT2D eigenvalue weighted by atomic mass is 35.5. The molecule has 1 fully saturated rings. The second-order valence-corrected chi connectivity index (χ2v) is 11.6. The van der Waals surface area contributed by atoms with Crippen LogP contribution in [0.2, 0.25) is 5.02 Å². The van der Waals surface area contributed by atoms with Crippen molar-refractivity contribution in [2.75, 3.05) is 6.54 Å². The molecule has 3 aromatic heterocycles.